The number of amides is 1. The molecule has 6 rings (SSSR count). The van der Waals surface area contributed by atoms with E-state index in [0.29, 0.717) is 24.7 Å². The second kappa shape index (κ2) is 10.6. The normalized spacial score (nSPS) is 14.1. The van der Waals surface area contributed by atoms with E-state index in [2.05, 4.69) is 9.30 Å². The summed E-state index contributed by atoms with van der Waals surface area (Å²) in [5, 5.41) is 13.9. The van der Waals surface area contributed by atoms with E-state index >= 15 is 0 Å². The first-order valence-electron chi connectivity index (χ1n) is 12.5. The molecule has 1 aliphatic rings. The SMILES string of the molecule is O=C(c1cccs1)N1CCN(Cc2c(-c3ccc(Cl)cc3)nc3ccc(-c4cccc([N+](=O)[O-])c4)cn23)CC1. The summed E-state index contributed by atoms with van der Waals surface area (Å²) in [5.41, 5.74) is 5.29. The summed E-state index contributed by atoms with van der Waals surface area (Å²) >= 11 is 7.63. The molecule has 0 atom stereocenters. The first-order chi connectivity index (χ1) is 19.0. The first-order valence-corrected chi connectivity index (χ1v) is 13.8. The Morgan fingerprint density at radius 3 is 2.44 bits per heavy atom. The maximum Gasteiger partial charge on any atom is 0.270 e. The molecule has 2 aromatic carbocycles. The highest BCUT2D eigenvalue weighted by Crippen LogP contribution is 2.30. The molecule has 5 aromatic rings. The fourth-order valence-corrected chi connectivity index (χ4v) is 5.75. The van der Waals surface area contributed by atoms with Crippen LogP contribution in [0.4, 0.5) is 5.69 Å². The predicted octanol–water partition coefficient (Wildman–Crippen LogP) is 6.25. The number of nitro benzene ring substituents is 1. The third kappa shape index (κ3) is 5.16. The van der Waals surface area contributed by atoms with Gasteiger partial charge in [-0.25, -0.2) is 4.98 Å². The highest BCUT2D eigenvalue weighted by atomic mass is 35.5. The van der Waals surface area contributed by atoms with Crippen molar-refractivity contribution in [2.75, 3.05) is 26.2 Å². The lowest BCUT2D eigenvalue weighted by atomic mass is 10.1. The molecule has 0 N–H and O–H groups in total. The van der Waals surface area contributed by atoms with Gasteiger partial charge in [-0.2, -0.15) is 0 Å². The molecule has 3 aromatic heterocycles. The molecule has 1 aliphatic heterocycles. The van der Waals surface area contributed by atoms with E-state index in [1.807, 2.05) is 71.1 Å². The standard InChI is InChI=1S/C29H24ClN5O3S/c30-23-9-6-20(7-10-23)28-25(19-32-12-14-33(15-13-32)29(36)26-5-2-16-39-26)34-18-22(8-11-27(34)31-28)21-3-1-4-24(17-21)35(37)38/h1-11,16-18H,12-15,19H2. The number of thiophene rings is 1. The molecule has 0 bridgehead atoms. The average molecular weight is 558 g/mol. The Bertz CT molecular complexity index is 1660. The van der Waals surface area contributed by atoms with Crippen molar-refractivity contribution in [3.8, 4) is 22.4 Å². The van der Waals surface area contributed by atoms with Crippen LogP contribution >= 0.6 is 22.9 Å². The van der Waals surface area contributed by atoms with Crippen molar-refractivity contribution in [1.29, 1.82) is 0 Å². The van der Waals surface area contributed by atoms with Crippen LogP contribution in [-0.2, 0) is 6.54 Å². The van der Waals surface area contributed by atoms with Gasteiger partial charge in [0.1, 0.15) is 5.65 Å². The number of nitro groups is 1. The zero-order chi connectivity index (χ0) is 26.9. The summed E-state index contributed by atoms with van der Waals surface area (Å²) in [5.74, 6) is 0.0860. The Balaban J connectivity index is 1.34. The largest absolute Gasteiger partial charge is 0.335 e. The summed E-state index contributed by atoms with van der Waals surface area (Å²) < 4.78 is 2.07. The molecule has 0 saturated carbocycles. The van der Waals surface area contributed by atoms with Gasteiger partial charge in [-0.15, -0.1) is 11.3 Å². The molecule has 0 unspecified atom stereocenters. The van der Waals surface area contributed by atoms with Crippen LogP contribution in [0.2, 0.25) is 5.02 Å². The van der Waals surface area contributed by atoms with Crippen LogP contribution in [-0.4, -0.2) is 56.2 Å². The predicted molar refractivity (Wildman–Crippen MR) is 153 cm³/mol. The zero-order valence-corrected chi connectivity index (χ0v) is 22.4. The van der Waals surface area contributed by atoms with Gasteiger partial charge < -0.3 is 9.30 Å². The molecule has 0 radical (unpaired) electrons. The number of imidazole rings is 1. The zero-order valence-electron chi connectivity index (χ0n) is 20.9. The molecule has 10 heteroatoms. The van der Waals surface area contributed by atoms with Crippen molar-refractivity contribution in [1.82, 2.24) is 19.2 Å². The highest BCUT2D eigenvalue weighted by molar-refractivity contribution is 7.12. The summed E-state index contributed by atoms with van der Waals surface area (Å²) in [6.07, 6.45) is 1.99. The van der Waals surface area contributed by atoms with Crippen molar-refractivity contribution < 1.29 is 9.72 Å². The second-order valence-electron chi connectivity index (χ2n) is 9.41. The number of nitrogens with zero attached hydrogens (tertiary/aromatic N) is 5. The van der Waals surface area contributed by atoms with Crippen LogP contribution in [0.3, 0.4) is 0 Å². The Morgan fingerprint density at radius 2 is 1.72 bits per heavy atom. The fraction of sp³-hybridized carbons (Fsp3) is 0.172. The number of non-ortho nitro benzene ring substituents is 1. The second-order valence-corrected chi connectivity index (χ2v) is 10.8. The number of halogens is 1. The number of benzene rings is 2. The Hall–Kier alpha value is -4.05. The van der Waals surface area contributed by atoms with E-state index in [9.17, 15) is 14.9 Å². The van der Waals surface area contributed by atoms with E-state index in [0.717, 1.165) is 51.7 Å². The van der Waals surface area contributed by atoms with Crippen LogP contribution in [0, 0.1) is 10.1 Å². The van der Waals surface area contributed by atoms with Gasteiger partial charge in [0.25, 0.3) is 11.6 Å². The lowest BCUT2D eigenvalue weighted by molar-refractivity contribution is -0.384. The summed E-state index contributed by atoms with van der Waals surface area (Å²) in [6.45, 7) is 3.44. The maximum atomic E-state index is 12.8. The molecular weight excluding hydrogens is 534 g/mol. The monoisotopic (exact) mass is 557 g/mol. The van der Waals surface area contributed by atoms with Gasteiger partial charge in [-0.05, 0) is 46.8 Å². The van der Waals surface area contributed by atoms with E-state index in [1.54, 1.807) is 12.1 Å². The third-order valence-electron chi connectivity index (χ3n) is 6.99. The number of hydrogen-bond acceptors (Lipinski definition) is 6. The van der Waals surface area contributed by atoms with Gasteiger partial charge in [0.05, 0.1) is 21.2 Å². The Morgan fingerprint density at radius 1 is 0.949 bits per heavy atom. The molecule has 1 saturated heterocycles. The number of rotatable bonds is 6. The van der Waals surface area contributed by atoms with Crippen LogP contribution in [0.25, 0.3) is 28.0 Å². The first kappa shape index (κ1) is 25.2. The number of carbonyl (C=O) groups excluding carboxylic acids is 1. The smallest absolute Gasteiger partial charge is 0.270 e. The number of fused-ring (bicyclic) bond motifs is 1. The van der Waals surface area contributed by atoms with Gasteiger partial charge in [0.15, 0.2) is 0 Å². The van der Waals surface area contributed by atoms with Crippen molar-refractivity contribution in [3.63, 3.8) is 0 Å². The van der Waals surface area contributed by atoms with Gasteiger partial charge in [-0.3, -0.25) is 19.8 Å². The molecule has 1 amide bonds. The molecule has 196 valence electrons. The van der Waals surface area contributed by atoms with Crippen LogP contribution in [0.1, 0.15) is 15.4 Å². The Kier molecular flexibility index (Phi) is 6.86. The number of carbonyl (C=O) groups is 1. The van der Waals surface area contributed by atoms with E-state index in [4.69, 9.17) is 16.6 Å². The van der Waals surface area contributed by atoms with Gasteiger partial charge >= 0.3 is 0 Å². The maximum absolute atomic E-state index is 12.8. The van der Waals surface area contributed by atoms with E-state index < -0.39 is 0 Å². The summed E-state index contributed by atoms with van der Waals surface area (Å²) in [7, 11) is 0. The minimum Gasteiger partial charge on any atom is -0.335 e. The molecule has 1 fully saturated rings. The quantitative estimate of drug-likeness (QED) is 0.182. The van der Waals surface area contributed by atoms with Crippen molar-refractivity contribution in [3.05, 3.63) is 110 Å². The van der Waals surface area contributed by atoms with Gasteiger partial charge in [0.2, 0.25) is 0 Å². The number of piperazine rings is 1. The molecule has 0 spiro atoms. The van der Waals surface area contributed by atoms with E-state index in [1.165, 1.54) is 17.4 Å². The molecule has 39 heavy (non-hydrogen) atoms. The van der Waals surface area contributed by atoms with Crippen molar-refractivity contribution >= 4 is 40.2 Å². The van der Waals surface area contributed by atoms with Crippen LogP contribution in [0.5, 0.6) is 0 Å². The van der Waals surface area contributed by atoms with Gasteiger partial charge in [0, 0.05) is 61.6 Å². The minimum absolute atomic E-state index is 0.0512. The number of pyridine rings is 1. The minimum atomic E-state index is -0.383. The topological polar surface area (TPSA) is 84.0 Å². The molecule has 0 aliphatic carbocycles. The lowest BCUT2D eigenvalue weighted by Crippen LogP contribution is -2.48. The number of aromatic nitrogens is 2. The highest BCUT2D eigenvalue weighted by Gasteiger charge is 2.25. The van der Waals surface area contributed by atoms with E-state index in [-0.39, 0.29) is 16.5 Å². The fourth-order valence-electron chi connectivity index (χ4n) is 4.93. The number of hydrogen-bond donors (Lipinski definition) is 0. The summed E-state index contributed by atoms with van der Waals surface area (Å²) in [4.78, 5) is 33.7. The Labute approximate surface area is 233 Å². The van der Waals surface area contributed by atoms with Crippen molar-refractivity contribution in [2.45, 2.75) is 6.54 Å². The molecule has 4 heterocycles. The van der Waals surface area contributed by atoms with Crippen LogP contribution < -0.4 is 0 Å². The average Bonchev–Trinajstić information content (AvgIpc) is 3.62. The lowest BCUT2D eigenvalue weighted by Gasteiger charge is -2.34. The summed E-state index contributed by atoms with van der Waals surface area (Å²) in [6, 6.07) is 21.9. The van der Waals surface area contributed by atoms with Crippen LogP contribution in [0.15, 0.2) is 84.4 Å². The third-order valence-corrected chi connectivity index (χ3v) is 8.10. The molecular formula is C29H24ClN5O3S. The van der Waals surface area contributed by atoms with Crippen molar-refractivity contribution in [2.24, 2.45) is 0 Å². The molecule has 8 nitrogen and oxygen atoms in total. The van der Waals surface area contributed by atoms with Gasteiger partial charge in [-0.1, -0.05) is 41.9 Å².